The van der Waals surface area contributed by atoms with Crippen LogP contribution < -0.4 is 4.74 Å². The van der Waals surface area contributed by atoms with E-state index in [1.807, 2.05) is 30.3 Å². The number of hydrogen-bond donors (Lipinski definition) is 1. The average Bonchev–Trinajstić information content (AvgIpc) is 3.41. The van der Waals surface area contributed by atoms with Crippen molar-refractivity contribution >= 4 is 29.5 Å². The average molecular weight is 577 g/mol. The molecule has 0 bridgehead atoms. The molecule has 6 atom stereocenters. The molecular weight excluding hydrogens is 544 g/mol. The normalized spacial score (nSPS) is 26.1. The molecule has 2 heterocycles. The molecule has 216 valence electrons. The van der Waals surface area contributed by atoms with Crippen LogP contribution in [0.3, 0.4) is 0 Å². The van der Waals surface area contributed by atoms with E-state index in [2.05, 4.69) is 0 Å². The van der Waals surface area contributed by atoms with E-state index < -0.39 is 48.4 Å². The van der Waals surface area contributed by atoms with Crippen molar-refractivity contribution in [3.05, 3.63) is 64.2 Å². The van der Waals surface area contributed by atoms with Crippen LogP contribution in [0.2, 0.25) is 5.02 Å². The second-order valence-electron chi connectivity index (χ2n) is 9.81. The fourth-order valence-corrected chi connectivity index (χ4v) is 4.97. The Kier molecular flexibility index (Phi) is 10.0. The molecule has 2 aliphatic rings. The molecule has 0 saturated carbocycles. The lowest BCUT2D eigenvalue weighted by Crippen LogP contribution is -2.58. The van der Waals surface area contributed by atoms with Gasteiger partial charge in [-0.3, -0.25) is 14.4 Å². The molecule has 0 unspecified atom stereocenters. The van der Waals surface area contributed by atoms with Gasteiger partial charge in [-0.15, -0.1) is 0 Å². The van der Waals surface area contributed by atoms with Crippen molar-refractivity contribution in [2.75, 3.05) is 19.8 Å². The number of ether oxygens (including phenoxy) is 6. The topological polar surface area (TPSA) is 127 Å². The van der Waals surface area contributed by atoms with Crippen LogP contribution in [0.1, 0.15) is 50.0 Å². The molecule has 2 aliphatic heterocycles. The molecule has 10 nitrogen and oxygen atoms in total. The summed E-state index contributed by atoms with van der Waals surface area (Å²) < 4.78 is 33.4. The van der Waals surface area contributed by atoms with Gasteiger partial charge in [0.15, 0.2) is 12.2 Å². The van der Waals surface area contributed by atoms with E-state index >= 15 is 0 Å². The number of benzene rings is 2. The minimum absolute atomic E-state index is 0.0524. The number of aliphatic hydroxyl groups excluding tert-OH is 1. The van der Waals surface area contributed by atoms with E-state index in [0.29, 0.717) is 30.2 Å². The summed E-state index contributed by atoms with van der Waals surface area (Å²) in [5, 5.41) is 11.4. The highest BCUT2D eigenvalue weighted by molar-refractivity contribution is 6.31. The van der Waals surface area contributed by atoms with Crippen molar-refractivity contribution in [2.45, 2.75) is 70.2 Å². The number of halogens is 1. The zero-order chi connectivity index (χ0) is 28.8. The molecule has 2 fully saturated rings. The van der Waals surface area contributed by atoms with Gasteiger partial charge in [0.2, 0.25) is 0 Å². The SMILES string of the molecule is CC(=O)OC[C@H]1O[C@@H](c2ccc(Cl)c(Cc3ccc(O[C@H]4CCOC4)cc3)c2)[C@H](OC(C)=O)[C@@H](OC(C)=O)[C@@H]1O. The van der Waals surface area contributed by atoms with E-state index in [1.54, 1.807) is 12.1 Å². The first-order valence-corrected chi connectivity index (χ1v) is 13.4. The second-order valence-corrected chi connectivity index (χ2v) is 10.2. The lowest BCUT2D eigenvalue weighted by Gasteiger charge is -2.43. The number of esters is 3. The van der Waals surface area contributed by atoms with Crippen molar-refractivity contribution in [1.82, 2.24) is 0 Å². The number of carbonyl (C=O) groups is 3. The lowest BCUT2D eigenvalue weighted by atomic mass is 9.89. The zero-order valence-electron chi connectivity index (χ0n) is 22.5. The molecule has 0 amide bonds. The molecule has 2 aromatic rings. The van der Waals surface area contributed by atoms with E-state index in [4.69, 9.17) is 40.0 Å². The molecule has 2 saturated heterocycles. The second kappa shape index (κ2) is 13.5. The maximum Gasteiger partial charge on any atom is 0.303 e. The highest BCUT2D eigenvalue weighted by Crippen LogP contribution is 2.38. The molecule has 11 heteroatoms. The third-order valence-electron chi connectivity index (χ3n) is 6.62. The summed E-state index contributed by atoms with van der Waals surface area (Å²) in [6.45, 7) is 4.61. The van der Waals surface area contributed by atoms with Gasteiger partial charge in [0.1, 0.15) is 36.8 Å². The standard InChI is InChI=1S/C29H33ClO10/c1-16(31)36-15-25-26(34)28(37-17(2)32)29(38-18(3)33)27(40-25)20-6-9-24(30)21(13-20)12-19-4-7-22(8-5-19)39-23-10-11-35-14-23/h4-9,13,23,25-29,34H,10-12,14-15H2,1-3H3/t23-,25+,26+,27-,28-,29-/m0/s1. The Morgan fingerprint density at radius 1 is 0.975 bits per heavy atom. The van der Waals surface area contributed by atoms with E-state index in [1.165, 1.54) is 20.8 Å². The fourth-order valence-electron chi connectivity index (χ4n) is 4.79. The minimum Gasteiger partial charge on any atom is -0.488 e. The fraction of sp³-hybridized carbons (Fsp3) is 0.483. The predicted octanol–water partition coefficient (Wildman–Crippen LogP) is 3.33. The smallest absolute Gasteiger partial charge is 0.303 e. The third kappa shape index (κ3) is 7.72. The predicted molar refractivity (Wildman–Crippen MR) is 142 cm³/mol. The number of hydrogen-bond acceptors (Lipinski definition) is 10. The molecule has 1 N–H and O–H groups in total. The van der Waals surface area contributed by atoms with Crippen molar-refractivity contribution in [3.63, 3.8) is 0 Å². The Morgan fingerprint density at radius 2 is 1.68 bits per heavy atom. The molecular formula is C29H33ClO10. The summed E-state index contributed by atoms with van der Waals surface area (Å²) in [5.41, 5.74) is 2.33. The summed E-state index contributed by atoms with van der Waals surface area (Å²) in [4.78, 5) is 35.3. The molecule has 4 rings (SSSR count). The van der Waals surface area contributed by atoms with E-state index in [0.717, 1.165) is 23.3 Å². The largest absolute Gasteiger partial charge is 0.488 e. The van der Waals surface area contributed by atoms with Crippen molar-refractivity contribution in [1.29, 1.82) is 0 Å². The number of carbonyl (C=O) groups excluding carboxylic acids is 3. The van der Waals surface area contributed by atoms with Gasteiger partial charge in [0.05, 0.1) is 13.2 Å². The van der Waals surface area contributed by atoms with E-state index in [-0.39, 0.29) is 12.7 Å². The Bertz CT molecular complexity index is 1190. The lowest BCUT2D eigenvalue weighted by molar-refractivity contribution is -0.249. The van der Waals surface area contributed by atoms with Gasteiger partial charge >= 0.3 is 17.9 Å². The first-order chi connectivity index (χ1) is 19.1. The maximum absolute atomic E-state index is 12.0. The van der Waals surface area contributed by atoms with E-state index in [9.17, 15) is 19.5 Å². The van der Waals surface area contributed by atoms with Crippen LogP contribution in [0.15, 0.2) is 42.5 Å². The van der Waals surface area contributed by atoms with Crippen LogP contribution in [-0.2, 0) is 44.5 Å². The van der Waals surface area contributed by atoms with Gasteiger partial charge in [-0.05, 0) is 41.3 Å². The first-order valence-electron chi connectivity index (χ1n) is 13.0. The Balaban J connectivity index is 1.59. The maximum atomic E-state index is 12.0. The summed E-state index contributed by atoms with van der Waals surface area (Å²) in [7, 11) is 0. The molecule has 2 aromatic carbocycles. The summed E-state index contributed by atoms with van der Waals surface area (Å²) in [6, 6.07) is 12.9. The van der Waals surface area contributed by atoms with Gasteiger partial charge in [0.25, 0.3) is 0 Å². The molecule has 0 radical (unpaired) electrons. The van der Waals surface area contributed by atoms with Gasteiger partial charge in [-0.1, -0.05) is 35.9 Å². The minimum atomic E-state index is -1.42. The number of aliphatic hydroxyl groups is 1. The summed E-state index contributed by atoms with van der Waals surface area (Å²) in [5.74, 6) is -1.15. The Hall–Kier alpha value is -3.18. The molecule has 0 spiro atoms. The highest BCUT2D eigenvalue weighted by Gasteiger charge is 2.50. The van der Waals surface area contributed by atoms with Crippen LogP contribution >= 0.6 is 11.6 Å². The molecule has 0 aliphatic carbocycles. The highest BCUT2D eigenvalue weighted by atomic mass is 35.5. The Morgan fingerprint density at radius 3 is 2.30 bits per heavy atom. The van der Waals surface area contributed by atoms with Crippen molar-refractivity contribution in [3.8, 4) is 5.75 Å². The van der Waals surface area contributed by atoms with Crippen LogP contribution in [0, 0.1) is 0 Å². The summed E-state index contributed by atoms with van der Waals surface area (Å²) >= 11 is 6.55. The monoisotopic (exact) mass is 576 g/mol. The van der Waals surface area contributed by atoms with Gasteiger partial charge in [0, 0.05) is 32.2 Å². The van der Waals surface area contributed by atoms with Gasteiger partial charge in [-0.2, -0.15) is 0 Å². The van der Waals surface area contributed by atoms with Crippen LogP contribution in [0.4, 0.5) is 0 Å². The molecule has 40 heavy (non-hydrogen) atoms. The number of rotatable bonds is 9. The third-order valence-corrected chi connectivity index (χ3v) is 6.99. The van der Waals surface area contributed by atoms with Crippen LogP contribution in [0.25, 0.3) is 0 Å². The van der Waals surface area contributed by atoms with Crippen LogP contribution in [0.5, 0.6) is 5.75 Å². The van der Waals surface area contributed by atoms with Gasteiger partial charge in [-0.25, -0.2) is 0 Å². The summed E-state index contributed by atoms with van der Waals surface area (Å²) in [6.07, 6.45) is -4.48. The zero-order valence-corrected chi connectivity index (χ0v) is 23.3. The van der Waals surface area contributed by atoms with Gasteiger partial charge < -0.3 is 33.5 Å². The Labute approximate surface area is 237 Å². The quantitative estimate of drug-likeness (QED) is 0.351. The van der Waals surface area contributed by atoms with Crippen molar-refractivity contribution in [2.24, 2.45) is 0 Å². The van der Waals surface area contributed by atoms with Crippen molar-refractivity contribution < 1.29 is 47.9 Å². The molecule has 0 aromatic heterocycles. The van der Waals surface area contributed by atoms with Crippen LogP contribution in [-0.4, -0.2) is 73.4 Å². The first kappa shape index (κ1) is 29.8.